The summed E-state index contributed by atoms with van der Waals surface area (Å²) in [7, 11) is -4.49. The Bertz CT molecular complexity index is 542. The number of hydrogen-bond donors (Lipinski definition) is 4. The number of nitrogens with one attached hydrogen (secondary N) is 1. The van der Waals surface area contributed by atoms with Gasteiger partial charge in [0.1, 0.15) is 4.90 Å². The Morgan fingerprint density at radius 1 is 1.47 bits per heavy atom. The molecule has 0 aliphatic carbocycles. The molecule has 8 nitrogen and oxygen atoms in total. The van der Waals surface area contributed by atoms with Crippen LogP contribution < -0.4 is 22.1 Å². The smallest absolute Gasteiger partial charge is 0.282 e. The molecule has 0 aliphatic rings. The van der Waals surface area contributed by atoms with Crippen LogP contribution in [0.2, 0.25) is 0 Å². The molecule has 1 rings (SSSR count). The molecule has 0 saturated heterocycles. The first-order chi connectivity index (χ1) is 7.77. The zero-order valence-electron chi connectivity index (χ0n) is 8.91. The summed E-state index contributed by atoms with van der Waals surface area (Å²) in [4.78, 5) is 10.7. The molecule has 0 spiro atoms. The molecule has 0 bridgehead atoms. The monoisotopic (exact) mass is 260 g/mol. The first kappa shape index (κ1) is 13.4. The van der Waals surface area contributed by atoms with E-state index in [1.807, 2.05) is 0 Å². The summed E-state index contributed by atoms with van der Waals surface area (Å²) in [5.41, 5.74) is 2.15. The fourth-order valence-corrected chi connectivity index (χ4v) is 1.97. The van der Waals surface area contributed by atoms with Gasteiger partial charge in [-0.1, -0.05) is 6.07 Å². The number of urea groups is 1. The van der Waals surface area contributed by atoms with Gasteiger partial charge in [-0.2, -0.15) is 8.42 Å². The highest BCUT2D eigenvalue weighted by molar-refractivity contribution is 7.86. The van der Waals surface area contributed by atoms with E-state index in [-0.39, 0.29) is 5.69 Å². The normalized spacial score (nSPS) is 11.1. The Labute approximate surface area is 97.9 Å². The molecule has 0 unspecified atom stereocenters. The maximum Gasteiger partial charge on any atom is 0.350 e. The van der Waals surface area contributed by atoms with Crippen molar-refractivity contribution in [1.82, 2.24) is 5.43 Å². The highest BCUT2D eigenvalue weighted by atomic mass is 32.2. The van der Waals surface area contributed by atoms with Crippen LogP contribution in [0.5, 0.6) is 0 Å². The zero-order chi connectivity index (χ0) is 13.2. The van der Waals surface area contributed by atoms with Crippen LogP contribution in [0.4, 0.5) is 10.5 Å². The van der Waals surface area contributed by atoms with Crippen LogP contribution >= 0.6 is 0 Å². The average molecular weight is 260 g/mol. The van der Waals surface area contributed by atoms with Crippen molar-refractivity contribution in [3.05, 3.63) is 23.8 Å². The first-order valence-corrected chi connectivity index (χ1v) is 5.85. The van der Waals surface area contributed by atoms with Gasteiger partial charge in [0, 0.05) is 0 Å². The van der Waals surface area contributed by atoms with Crippen molar-refractivity contribution in [3.63, 3.8) is 0 Å². The molecular formula is C8H12N4O4S. The van der Waals surface area contributed by atoms with Gasteiger partial charge in [-0.15, -0.1) is 0 Å². The van der Waals surface area contributed by atoms with Crippen LogP contribution in [-0.4, -0.2) is 19.0 Å². The van der Waals surface area contributed by atoms with Gasteiger partial charge in [0.15, 0.2) is 0 Å². The van der Waals surface area contributed by atoms with Crippen LogP contribution in [0.15, 0.2) is 23.1 Å². The van der Waals surface area contributed by atoms with Gasteiger partial charge in [0.25, 0.3) is 10.1 Å². The highest BCUT2D eigenvalue weighted by Gasteiger charge is 2.21. The van der Waals surface area contributed by atoms with E-state index in [1.54, 1.807) is 12.3 Å². The standard InChI is InChI=1S/C8H12N4O4S/c1-5-2-3-6(12(10)8(13)11-9)7(4-5)17(14,15)16/h2-4H,9-10H2,1H3,(H,11,13)(H,14,15,16). The lowest BCUT2D eigenvalue weighted by atomic mass is 10.2. The Kier molecular flexibility index (Phi) is 3.68. The van der Waals surface area contributed by atoms with Crippen LogP contribution in [-0.2, 0) is 10.1 Å². The number of carbonyl (C=O) groups is 1. The number of benzene rings is 1. The summed E-state index contributed by atoms with van der Waals surface area (Å²) in [6, 6.07) is 3.09. The molecule has 1 aromatic rings. The van der Waals surface area contributed by atoms with Crippen molar-refractivity contribution in [2.75, 3.05) is 5.01 Å². The fourth-order valence-electron chi connectivity index (χ4n) is 1.21. The molecule has 2 amide bonds. The van der Waals surface area contributed by atoms with E-state index in [0.717, 1.165) is 0 Å². The Hall–Kier alpha value is -1.68. The number of carbonyl (C=O) groups excluding carboxylic acids is 1. The molecule has 1 aromatic carbocycles. The number of anilines is 1. The van der Waals surface area contributed by atoms with Crippen molar-refractivity contribution in [2.24, 2.45) is 11.7 Å². The van der Waals surface area contributed by atoms with Crippen LogP contribution in [0.3, 0.4) is 0 Å². The van der Waals surface area contributed by atoms with Gasteiger partial charge in [-0.05, 0) is 24.6 Å². The summed E-state index contributed by atoms with van der Waals surface area (Å²) in [5.74, 6) is 10.2. The van der Waals surface area contributed by atoms with Crippen molar-refractivity contribution >= 4 is 21.8 Å². The second-order valence-electron chi connectivity index (χ2n) is 3.27. The number of hydrazine groups is 2. The predicted molar refractivity (Wildman–Crippen MR) is 60.4 cm³/mol. The Morgan fingerprint density at radius 3 is 2.53 bits per heavy atom. The van der Waals surface area contributed by atoms with Gasteiger partial charge in [-0.3, -0.25) is 9.98 Å². The lowest BCUT2D eigenvalue weighted by Crippen LogP contribution is -2.48. The summed E-state index contributed by atoms with van der Waals surface area (Å²) in [6.07, 6.45) is 0. The van der Waals surface area contributed by atoms with Gasteiger partial charge in [-0.25, -0.2) is 21.5 Å². The van der Waals surface area contributed by atoms with Crippen molar-refractivity contribution < 1.29 is 17.8 Å². The molecule has 17 heavy (non-hydrogen) atoms. The molecule has 0 heterocycles. The summed E-state index contributed by atoms with van der Waals surface area (Å²) in [5, 5.41) is 0.489. The fraction of sp³-hybridized carbons (Fsp3) is 0.125. The average Bonchev–Trinajstić information content (AvgIpc) is 2.25. The molecule has 6 N–H and O–H groups in total. The molecule has 0 saturated carbocycles. The largest absolute Gasteiger partial charge is 0.350 e. The van der Waals surface area contributed by atoms with Gasteiger partial charge >= 0.3 is 6.03 Å². The summed E-state index contributed by atoms with van der Waals surface area (Å²) in [6.45, 7) is 1.63. The first-order valence-electron chi connectivity index (χ1n) is 4.41. The van der Waals surface area contributed by atoms with E-state index < -0.39 is 21.0 Å². The maximum absolute atomic E-state index is 11.2. The Morgan fingerprint density at radius 2 is 2.06 bits per heavy atom. The van der Waals surface area contributed by atoms with Gasteiger partial charge in [0.05, 0.1) is 5.69 Å². The van der Waals surface area contributed by atoms with Crippen LogP contribution in [0, 0.1) is 6.92 Å². The van der Waals surface area contributed by atoms with E-state index in [4.69, 9.17) is 16.2 Å². The molecule has 0 aromatic heterocycles. The molecule has 9 heteroatoms. The van der Waals surface area contributed by atoms with E-state index >= 15 is 0 Å². The topological polar surface area (TPSA) is 139 Å². The van der Waals surface area contributed by atoms with Crippen LogP contribution in [0.1, 0.15) is 5.56 Å². The number of rotatable bonds is 2. The highest BCUT2D eigenvalue weighted by Crippen LogP contribution is 2.24. The second kappa shape index (κ2) is 4.67. The summed E-state index contributed by atoms with van der Waals surface area (Å²) >= 11 is 0. The molecule has 0 aliphatic heterocycles. The van der Waals surface area contributed by atoms with Gasteiger partial charge < -0.3 is 0 Å². The number of nitrogens with two attached hydrogens (primary N) is 2. The minimum atomic E-state index is -4.49. The number of hydrogen-bond acceptors (Lipinski definition) is 5. The quantitative estimate of drug-likeness (QED) is 0.245. The minimum Gasteiger partial charge on any atom is -0.282 e. The zero-order valence-corrected chi connectivity index (χ0v) is 9.73. The molecule has 0 atom stereocenters. The van der Waals surface area contributed by atoms with Crippen molar-refractivity contribution in [1.29, 1.82) is 0 Å². The molecular weight excluding hydrogens is 248 g/mol. The van der Waals surface area contributed by atoms with Gasteiger partial charge in [0.2, 0.25) is 0 Å². The SMILES string of the molecule is Cc1ccc(N(N)C(=O)NN)c(S(=O)(=O)O)c1. The number of aryl methyl sites for hydroxylation is 1. The van der Waals surface area contributed by atoms with E-state index in [0.29, 0.717) is 10.6 Å². The van der Waals surface area contributed by atoms with E-state index in [2.05, 4.69) is 0 Å². The van der Waals surface area contributed by atoms with Crippen molar-refractivity contribution in [3.8, 4) is 0 Å². The maximum atomic E-state index is 11.2. The lowest BCUT2D eigenvalue weighted by molar-refractivity contribution is 0.246. The van der Waals surface area contributed by atoms with Crippen LogP contribution in [0.25, 0.3) is 0 Å². The second-order valence-corrected chi connectivity index (χ2v) is 4.66. The Balaban J connectivity index is 3.39. The number of amides is 2. The van der Waals surface area contributed by atoms with Crippen molar-refractivity contribution in [2.45, 2.75) is 11.8 Å². The predicted octanol–water partition coefficient (Wildman–Crippen LogP) is -0.495. The minimum absolute atomic E-state index is 0.180. The molecule has 0 radical (unpaired) electrons. The molecule has 0 fully saturated rings. The lowest BCUT2D eigenvalue weighted by Gasteiger charge is -2.18. The third kappa shape index (κ3) is 2.91. The third-order valence-corrected chi connectivity index (χ3v) is 2.88. The van der Waals surface area contributed by atoms with E-state index in [1.165, 1.54) is 18.2 Å². The third-order valence-electron chi connectivity index (χ3n) is 2.00. The molecule has 94 valence electrons. The van der Waals surface area contributed by atoms with E-state index in [9.17, 15) is 13.2 Å². The summed E-state index contributed by atoms with van der Waals surface area (Å²) < 4.78 is 31.3. The number of nitrogens with zero attached hydrogens (tertiary/aromatic N) is 1.